The van der Waals surface area contributed by atoms with Crippen LogP contribution in [-0.4, -0.2) is 25.9 Å². The van der Waals surface area contributed by atoms with Gasteiger partial charge in [-0.1, -0.05) is 16.7 Å². The number of benzene rings is 1. The van der Waals surface area contributed by atoms with Crippen LogP contribution in [0.2, 0.25) is 5.02 Å². The summed E-state index contributed by atoms with van der Waals surface area (Å²) in [6, 6.07) is 1.41. The molecule has 1 N–H and O–H groups in total. The summed E-state index contributed by atoms with van der Waals surface area (Å²) in [5.41, 5.74) is -1.36. The highest BCUT2D eigenvalue weighted by molar-refractivity contribution is 7.92. The van der Waals surface area contributed by atoms with Gasteiger partial charge in [0.25, 0.3) is 5.91 Å². The molecule has 0 saturated heterocycles. The van der Waals surface area contributed by atoms with E-state index in [1.165, 1.54) is 6.92 Å². The van der Waals surface area contributed by atoms with Gasteiger partial charge in [-0.05, 0) is 23.3 Å². The number of nitrogens with zero attached hydrogens (tertiary/aromatic N) is 2. The van der Waals surface area contributed by atoms with Crippen molar-refractivity contribution in [2.24, 2.45) is 0 Å². The van der Waals surface area contributed by atoms with E-state index in [0.29, 0.717) is 18.9 Å². The number of hydrogen-bond acceptors (Lipinski definition) is 5. The highest BCUT2D eigenvalue weighted by Crippen LogP contribution is 2.44. The molecule has 1 aromatic carbocycles. The van der Waals surface area contributed by atoms with Gasteiger partial charge in [-0.2, -0.15) is 13.2 Å². The third kappa shape index (κ3) is 3.75. The fourth-order valence-electron chi connectivity index (χ4n) is 2.11. The lowest BCUT2D eigenvalue weighted by Gasteiger charge is -2.18. The number of amides is 1. The van der Waals surface area contributed by atoms with Gasteiger partial charge in [0.15, 0.2) is 4.90 Å². The van der Waals surface area contributed by atoms with Crippen LogP contribution in [0.25, 0.3) is 0 Å². The molecule has 0 aliphatic heterocycles. The maximum Gasteiger partial charge on any atom is 0.421 e. The second kappa shape index (κ2) is 6.50. The Hall–Kier alpha value is -1.78. The van der Waals surface area contributed by atoms with Crippen molar-refractivity contribution in [3.63, 3.8) is 0 Å². The average molecular weight is 394 g/mol. The normalized spacial score (nSPS) is 15.9. The first-order valence-electron chi connectivity index (χ1n) is 7.10. The third-order valence-electron chi connectivity index (χ3n) is 3.42. The maximum atomic E-state index is 13.2. The van der Waals surface area contributed by atoms with Gasteiger partial charge >= 0.3 is 12.2 Å². The van der Waals surface area contributed by atoms with E-state index < -0.39 is 38.7 Å². The zero-order valence-electron chi connectivity index (χ0n) is 12.7. The molecule has 0 bridgehead atoms. The average Bonchev–Trinajstić information content (AvgIpc) is 3.29. The molecule has 1 aliphatic carbocycles. The van der Waals surface area contributed by atoms with E-state index in [4.69, 9.17) is 16.0 Å². The molecule has 1 aliphatic rings. The Kier molecular flexibility index (Phi) is 4.69. The predicted molar refractivity (Wildman–Crippen MR) is 82.9 cm³/mol. The molecule has 0 spiro atoms. The van der Waals surface area contributed by atoms with Crippen LogP contribution < -0.4 is 5.32 Å². The van der Waals surface area contributed by atoms with Crippen molar-refractivity contribution < 1.29 is 26.9 Å². The van der Waals surface area contributed by atoms with Crippen LogP contribution in [0.1, 0.15) is 34.7 Å². The molecule has 11 heteroatoms. The monoisotopic (exact) mass is 393 g/mol. The van der Waals surface area contributed by atoms with E-state index in [9.17, 15) is 22.5 Å². The summed E-state index contributed by atoms with van der Waals surface area (Å²) in [5.74, 6) is -0.638. The lowest BCUT2D eigenvalue weighted by Crippen LogP contribution is -2.20. The van der Waals surface area contributed by atoms with Crippen molar-refractivity contribution in [3.8, 4) is 0 Å². The lowest BCUT2D eigenvalue weighted by atomic mass is 10.1. The molecule has 25 heavy (non-hydrogen) atoms. The number of anilines is 1. The Morgan fingerprint density at radius 2 is 2.08 bits per heavy atom. The minimum absolute atomic E-state index is 0.198. The van der Waals surface area contributed by atoms with Gasteiger partial charge in [0, 0.05) is 19.8 Å². The Morgan fingerprint density at radius 1 is 1.40 bits per heavy atom. The molecule has 6 nitrogen and oxygen atoms in total. The highest BCUT2D eigenvalue weighted by atomic mass is 35.5. The SMILES string of the molecule is Cc1nnc(NC(=O)c2ccc(C(F)(F)F)c([S@@+]([O-])C3CC3)c2Cl)o1. The Bertz CT molecular complexity index is 823. The fraction of sp³-hybridized carbons (Fsp3) is 0.357. The molecule has 0 unspecified atom stereocenters. The van der Waals surface area contributed by atoms with Crippen LogP contribution in [0.15, 0.2) is 21.4 Å². The van der Waals surface area contributed by atoms with Crippen molar-refractivity contribution in [2.75, 3.05) is 5.32 Å². The van der Waals surface area contributed by atoms with Crippen LogP contribution in [0, 0.1) is 6.92 Å². The van der Waals surface area contributed by atoms with E-state index in [1.54, 1.807) is 0 Å². The van der Waals surface area contributed by atoms with E-state index in [0.717, 1.165) is 6.07 Å². The molecule has 1 amide bonds. The molecule has 1 heterocycles. The number of aryl methyl sites for hydroxylation is 1. The molecule has 1 saturated carbocycles. The van der Waals surface area contributed by atoms with Gasteiger partial charge in [-0.25, -0.2) is 0 Å². The van der Waals surface area contributed by atoms with Crippen molar-refractivity contribution in [1.29, 1.82) is 0 Å². The Morgan fingerprint density at radius 3 is 2.60 bits per heavy atom. The predicted octanol–water partition coefficient (Wildman–Crippen LogP) is 3.57. The van der Waals surface area contributed by atoms with Crippen LogP contribution in [0.3, 0.4) is 0 Å². The highest BCUT2D eigenvalue weighted by Gasteiger charge is 2.45. The van der Waals surface area contributed by atoms with Gasteiger partial charge in [-0.3, -0.25) is 10.1 Å². The first-order valence-corrected chi connectivity index (χ1v) is 8.69. The minimum Gasteiger partial charge on any atom is -0.611 e. The quantitative estimate of drug-likeness (QED) is 0.802. The number of aromatic nitrogens is 2. The molecular weight excluding hydrogens is 383 g/mol. The molecule has 1 fully saturated rings. The number of alkyl halides is 3. The van der Waals surface area contributed by atoms with E-state index in [2.05, 4.69) is 15.5 Å². The minimum atomic E-state index is -4.73. The van der Waals surface area contributed by atoms with Gasteiger partial charge in [-0.15, -0.1) is 5.10 Å². The second-order valence-electron chi connectivity index (χ2n) is 5.38. The van der Waals surface area contributed by atoms with Gasteiger partial charge in [0.05, 0.1) is 5.56 Å². The number of halogens is 4. The Balaban J connectivity index is 2.00. The van der Waals surface area contributed by atoms with Gasteiger partial charge < -0.3 is 8.97 Å². The van der Waals surface area contributed by atoms with Crippen LogP contribution in [0.5, 0.6) is 0 Å². The largest absolute Gasteiger partial charge is 0.611 e. The fourth-order valence-corrected chi connectivity index (χ4v) is 4.18. The number of nitrogens with one attached hydrogen (secondary N) is 1. The number of carbonyl (C=O) groups excluding carboxylic acids is 1. The maximum absolute atomic E-state index is 13.2. The summed E-state index contributed by atoms with van der Waals surface area (Å²) in [6.07, 6.45) is -3.63. The van der Waals surface area contributed by atoms with E-state index in [1.807, 2.05) is 0 Å². The van der Waals surface area contributed by atoms with Gasteiger partial charge in [0.1, 0.15) is 15.8 Å². The smallest absolute Gasteiger partial charge is 0.421 e. The molecule has 1 aromatic heterocycles. The Labute approximate surface area is 147 Å². The van der Waals surface area contributed by atoms with E-state index in [-0.39, 0.29) is 22.7 Å². The molecule has 1 atom stereocenters. The van der Waals surface area contributed by atoms with E-state index >= 15 is 0 Å². The second-order valence-corrected chi connectivity index (χ2v) is 7.43. The number of rotatable bonds is 4. The summed E-state index contributed by atoms with van der Waals surface area (Å²) in [4.78, 5) is 11.7. The summed E-state index contributed by atoms with van der Waals surface area (Å²) in [7, 11) is 0. The molecule has 0 radical (unpaired) electrons. The number of carbonyl (C=O) groups is 1. The number of hydrogen-bond donors (Lipinski definition) is 1. The molecular formula is C14H11ClF3N3O3S. The zero-order valence-corrected chi connectivity index (χ0v) is 14.3. The van der Waals surface area contributed by atoms with Crippen LogP contribution >= 0.6 is 11.6 Å². The third-order valence-corrected chi connectivity index (χ3v) is 5.83. The topological polar surface area (TPSA) is 91.1 Å². The standard InChI is InChI=1S/C14H11ClF3N3O3S/c1-6-20-21-13(24-6)19-12(22)8-4-5-9(14(16,17)18)11(10(8)15)25(23)7-2-3-7/h4-5,7H,2-3H2,1H3,(H,19,21,22)/t25-/m0/s1. The summed E-state index contributed by atoms with van der Waals surface area (Å²) in [6.45, 7) is 1.50. The molecule has 3 rings (SSSR count). The van der Waals surface area contributed by atoms with Crippen molar-refractivity contribution >= 4 is 34.7 Å². The lowest BCUT2D eigenvalue weighted by molar-refractivity contribution is -0.139. The summed E-state index contributed by atoms with van der Waals surface area (Å²) in [5, 5.41) is 8.45. The zero-order chi connectivity index (χ0) is 18.4. The van der Waals surface area contributed by atoms with Crippen LogP contribution in [0.4, 0.5) is 19.2 Å². The first kappa shape index (κ1) is 18.0. The van der Waals surface area contributed by atoms with Crippen molar-refractivity contribution in [1.82, 2.24) is 10.2 Å². The van der Waals surface area contributed by atoms with Crippen LogP contribution in [-0.2, 0) is 17.4 Å². The first-order chi connectivity index (χ1) is 11.7. The van der Waals surface area contributed by atoms with Crippen molar-refractivity contribution in [2.45, 2.75) is 36.1 Å². The van der Waals surface area contributed by atoms with Crippen molar-refractivity contribution in [3.05, 3.63) is 34.2 Å². The summed E-state index contributed by atoms with van der Waals surface area (Å²) >= 11 is 4.09. The summed E-state index contributed by atoms with van der Waals surface area (Å²) < 4.78 is 57.1. The molecule has 134 valence electrons. The van der Waals surface area contributed by atoms with Gasteiger partial charge in [0.2, 0.25) is 5.89 Å². The molecule has 2 aromatic rings.